The SMILES string of the molecule is CC(=O)C1CCN(Cc2ccc3cc(O[C@H]4CC[C@H](C(C)(C)C)CC4)cc(C)c3c2)C1. The zero-order chi connectivity index (χ0) is 22.2. The standard InChI is InChI=1S/C28H39NO2/c1-19-14-26(31-25-10-8-24(9-11-25)28(3,4)5)16-22-7-6-21(15-27(19)22)17-29-13-12-23(18-29)20(2)30/h6-7,14-16,23-25H,8-13,17-18H2,1-5H3/t23?,24-,25-. The Morgan fingerprint density at radius 2 is 1.81 bits per heavy atom. The fraction of sp³-hybridized carbons (Fsp3) is 0.607. The Hall–Kier alpha value is -1.87. The third-order valence-electron chi connectivity index (χ3n) is 7.65. The molecule has 2 fully saturated rings. The Morgan fingerprint density at radius 1 is 1.06 bits per heavy atom. The van der Waals surface area contributed by atoms with Crippen LogP contribution in [0.4, 0.5) is 0 Å². The van der Waals surface area contributed by atoms with Gasteiger partial charge in [-0.15, -0.1) is 0 Å². The van der Waals surface area contributed by atoms with Crippen LogP contribution in [0.5, 0.6) is 5.75 Å². The number of Topliss-reactive ketones (excluding diaryl/α,β-unsaturated/α-hetero) is 1. The molecule has 168 valence electrons. The average Bonchev–Trinajstić information content (AvgIpc) is 3.17. The first-order valence-electron chi connectivity index (χ1n) is 12.1. The number of fused-ring (bicyclic) bond motifs is 1. The van der Waals surface area contributed by atoms with E-state index in [2.05, 4.69) is 62.9 Å². The van der Waals surface area contributed by atoms with Crippen molar-refractivity contribution >= 4 is 16.6 Å². The molecule has 0 aromatic heterocycles. The van der Waals surface area contributed by atoms with Crippen LogP contribution >= 0.6 is 0 Å². The Morgan fingerprint density at radius 3 is 2.45 bits per heavy atom. The summed E-state index contributed by atoms with van der Waals surface area (Å²) < 4.78 is 6.44. The predicted octanol–water partition coefficient (Wildman–Crippen LogP) is 6.54. The van der Waals surface area contributed by atoms with Gasteiger partial charge in [0, 0.05) is 19.0 Å². The van der Waals surface area contributed by atoms with Crippen LogP contribution in [0.1, 0.15) is 70.9 Å². The highest BCUT2D eigenvalue weighted by molar-refractivity contribution is 5.87. The van der Waals surface area contributed by atoms with Crippen molar-refractivity contribution in [2.75, 3.05) is 13.1 Å². The van der Waals surface area contributed by atoms with E-state index in [1.54, 1.807) is 6.92 Å². The summed E-state index contributed by atoms with van der Waals surface area (Å²) in [5.74, 6) is 2.38. The van der Waals surface area contributed by atoms with Gasteiger partial charge in [0.2, 0.25) is 0 Å². The Kier molecular flexibility index (Phi) is 6.44. The van der Waals surface area contributed by atoms with Crippen LogP contribution in [0.25, 0.3) is 10.8 Å². The zero-order valence-corrected chi connectivity index (χ0v) is 20.0. The summed E-state index contributed by atoms with van der Waals surface area (Å²) in [6.07, 6.45) is 6.21. The highest BCUT2D eigenvalue weighted by atomic mass is 16.5. The van der Waals surface area contributed by atoms with Gasteiger partial charge in [-0.25, -0.2) is 0 Å². The van der Waals surface area contributed by atoms with Gasteiger partial charge in [-0.05, 0) is 104 Å². The second-order valence-electron chi connectivity index (χ2n) is 11.1. The van der Waals surface area contributed by atoms with Crippen LogP contribution in [0, 0.1) is 24.2 Å². The summed E-state index contributed by atoms with van der Waals surface area (Å²) in [5, 5.41) is 2.56. The van der Waals surface area contributed by atoms with Gasteiger partial charge in [0.15, 0.2) is 0 Å². The summed E-state index contributed by atoms with van der Waals surface area (Å²) in [5.41, 5.74) is 3.01. The normalized spacial score (nSPS) is 25.1. The Balaban J connectivity index is 1.41. The van der Waals surface area contributed by atoms with Crippen molar-refractivity contribution in [1.29, 1.82) is 0 Å². The molecule has 3 heteroatoms. The third-order valence-corrected chi connectivity index (χ3v) is 7.65. The van der Waals surface area contributed by atoms with Crippen molar-refractivity contribution in [3.05, 3.63) is 41.5 Å². The molecule has 1 aliphatic heterocycles. The van der Waals surface area contributed by atoms with E-state index in [1.807, 2.05) is 0 Å². The van der Waals surface area contributed by atoms with Crippen LogP contribution in [-0.2, 0) is 11.3 Å². The number of carbonyl (C=O) groups excluding carboxylic acids is 1. The number of aryl methyl sites for hydroxylation is 1. The second-order valence-corrected chi connectivity index (χ2v) is 11.1. The zero-order valence-electron chi connectivity index (χ0n) is 20.0. The number of rotatable bonds is 5. The molecule has 2 aromatic rings. The molecule has 31 heavy (non-hydrogen) atoms. The van der Waals surface area contributed by atoms with Crippen molar-refractivity contribution in [1.82, 2.24) is 4.90 Å². The molecule has 1 aliphatic carbocycles. The van der Waals surface area contributed by atoms with Crippen molar-refractivity contribution in [2.45, 2.75) is 79.4 Å². The fourth-order valence-corrected chi connectivity index (χ4v) is 5.53. The van der Waals surface area contributed by atoms with Crippen LogP contribution < -0.4 is 4.74 Å². The van der Waals surface area contributed by atoms with E-state index in [0.29, 0.717) is 17.3 Å². The first-order chi connectivity index (χ1) is 14.7. The topological polar surface area (TPSA) is 29.5 Å². The van der Waals surface area contributed by atoms with Crippen LogP contribution in [0.15, 0.2) is 30.3 Å². The van der Waals surface area contributed by atoms with E-state index in [-0.39, 0.29) is 5.92 Å². The molecule has 0 amide bonds. The van der Waals surface area contributed by atoms with Crippen molar-refractivity contribution in [2.24, 2.45) is 17.3 Å². The molecule has 0 N–H and O–H groups in total. The molecular formula is C28H39NO2. The number of ether oxygens (including phenoxy) is 1. The van der Waals surface area contributed by atoms with Gasteiger partial charge in [0.25, 0.3) is 0 Å². The highest BCUT2D eigenvalue weighted by Crippen LogP contribution is 2.39. The van der Waals surface area contributed by atoms with Crippen LogP contribution in [0.3, 0.4) is 0 Å². The quantitative estimate of drug-likeness (QED) is 0.549. The van der Waals surface area contributed by atoms with E-state index in [4.69, 9.17) is 4.74 Å². The number of hydrogen-bond donors (Lipinski definition) is 0. The minimum absolute atomic E-state index is 0.223. The molecule has 1 heterocycles. The van der Waals surface area contributed by atoms with Crippen molar-refractivity contribution < 1.29 is 9.53 Å². The lowest BCUT2D eigenvalue weighted by molar-refractivity contribution is -0.120. The number of carbonyl (C=O) groups is 1. The lowest BCUT2D eigenvalue weighted by atomic mass is 9.72. The number of hydrogen-bond acceptors (Lipinski definition) is 3. The Bertz CT molecular complexity index is 934. The summed E-state index contributed by atoms with van der Waals surface area (Å²) in [7, 11) is 0. The minimum Gasteiger partial charge on any atom is -0.490 e. The molecule has 2 aromatic carbocycles. The molecule has 0 bridgehead atoms. The van der Waals surface area contributed by atoms with Crippen LogP contribution in [0.2, 0.25) is 0 Å². The molecule has 0 spiro atoms. The molecule has 1 saturated carbocycles. The van der Waals surface area contributed by atoms with Gasteiger partial charge in [0.1, 0.15) is 11.5 Å². The minimum atomic E-state index is 0.223. The lowest BCUT2D eigenvalue weighted by Crippen LogP contribution is -2.30. The van der Waals surface area contributed by atoms with Crippen LogP contribution in [-0.4, -0.2) is 29.9 Å². The second kappa shape index (κ2) is 8.94. The summed E-state index contributed by atoms with van der Waals surface area (Å²) in [6.45, 7) is 13.9. The lowest BCUT2D eigenvalue weighted by Gasteiger charge is -2.37. The molecule has 1 unspecified atom stereocenters. The van der Waals surface area contributed by atoms with E-state index in [0.717, 1.165) is 50.6 Å². The van der Waals surface area contributed by atoms with Gasteiger partial charge in [0.05, 0.1) is 6.10 Å². The Labute approximate surface area is 188 Å². The first kappa shape index (κ1) is 22.3. The maximum Gasteiger partial charge on any atom is 0.134 e. The van der Waals surface area contributed by atoms with Gasteiger partial charge in [-0.2, -0.15) is 0 Å². The summed E-state index contributed by atoms with van der Waals surface area (Å²) in [6, 6.07) is 11.2. The number of nitrogens with zero attached hydrogens (tertiary/aromatic N) is 1. The van der Waals surface area contributed by atoms with E-state index in [1.165, 1.54) is 34.7 Å². The molecular weight excluding hydrogens is 382 g/mol. The summed E-state index contributed by atoms with van der Waals surface area (Å²) in [4.78, 5) is 14.1. The van der Waals surface area contributed by atoms with Crippen molar-refractivity contribution in [3.8, 4) is 5.75 Å². The fourth-order valence-electron chi connectivity index (χ4n) is 5.53. The molecule has 0 radical (unpaired) electrons. The van der Waals surface area contributed by atoms with Gasteiger partial charge < -0.3 is 4.74 Å². The molecule has 1 saturated heterocycles. The smallest absolute Gasteiger partial charge is 0.134 e. The van der Waals surface area contributed by atoms with Gasteiger partial charge >= 0.3 is 0 Å². The largest absolute Gasteiger partial charge is 0.490 e. The number of benzene rings is 2. The van der Waals surface area contributed by atoms with E-state index >= 15 is 0 Å². The molecule has 3 nitrogen and oxygen atoms in total. The van der Waals surface area contributed by atoms with Gasteiger partial charge in [-0.3, -0.25) is 9.69 Å². The maximum atomic E-state index is 11.7. The number of likely N-dealkylation sites (tertiary alicyclic amines) is 1. The maximum absolute atomic E-state index is 11.7. The van der Waals surface area contributed by atoms with E-state index in [9.17, 15) is 4.79 Å². The van der Waals surface area contributed by atoms with Gasteiger partial charge in [-0.1, -0.05) is 32.9 Å². The average molecular weight is 422 g/mol. The summed E-state index contributed by atoms with van der Waals surface area (Å²) >= 11 is 0. The molecule has 1 atom stereocenters. The van der Waals surface area contributed by atoms with E-state index < -0.39 is 0 Å². The van der Waals surface area contributed by atoms with Crippen molar-refractivity contribution in [3.63, 3.8) is 0 Å². The monoisotopic (exact) mass is 421 g/mol. The predicted molar refractivity (Wildman–Crippen MR) is 129 cm³/mol. The number of ketones is 1. The molecule has 4 rings (SSSR count). The third kappa shape index (κ3) is 5.31. The molecule has 2 aliphatic rings. The first-order valence-corrected chi connectivity index (χ1v) is 12.1. The highest BCUT2D eigenvalue weighted by Gasteiger charge is 2.30.